The van der Waals surface area contributed by atoms with Gasteiger partial charge < -0.3 is 9.11 Å². The molecule has 0 aliphatic rings. The van der Waals surface area contributed by atoms with Crippen molar-refractivity contribution in [2.45, 2.75) is 0 Å². The molecule has 2 N–H and O–H groups in total. The van der Waals surface area contributed by atoms with E-state index in [2.05, 4.69) is 0 Å². The molecule has 0 aliphatic carbocycles. The molecule has 0 amide bonds. The van der Waals surface area contributed by atoms with Crippen molar-refractivity contribution < 1.29 is 28.0 Å². The second-order valence-electron chi connectivity index (χ2n) is 0.408. The van der Waals surface area contributed by atoms with E-state index < -0.39 is 10.4 Å². The molecular weight excluding hydrogens is 152 g/mol. The molecule has 8 heteroatoms. The van der Waals surface area contributed by atoms with Crippen LogP contribution in [0.5, 0.6) is 0 Å². The summed E-state index contributed by atoms with van der Waals surface area (Å²) in [6.07, 6.45) is 0. The van der Waals surface area contributed by atoms with Gasteiger partial charge in [-0.25, -0.2) is 0 Å². The van der Waals surface area contributed by atoms with Crippen LogP contribution < -0.4 is 0 Å². The Morgan fingerprint density at radius 2 is 1.12 bits per heavy atom. The summed E-state index contributed by atoms with van der Waals surface area (Å²) in [4.78, 5) is 0. The monoisotopic (exact) mass is 154 g/mol. The van der Waals surface area contributed by atoms with Gasteiger partial charge in [0, 0.05) is 10.4 Å². The van der Waals surface area contributed by atoms with E-state index in [0.717, 1.165) is 0 Å². The second-order valence-corrected chi connectivity index (χ2v) is 1.22. The molecule has 46 valence electrons. The molecule has 0 atom stereocenters. The van der Waals surface area contributed by atoms with Crippen LogP contribution >= 0.6 is 0 Å². The fourth-order valence-electron chi connectivity index (χ4n) is 0. The molecule has 0 heterocycles. The van der Waals surface area contributed by atoms with Gasteiger partial charge in [0.2, 0.25) is 0 Å². The van der Waals surface area contributed by atoms with E-state index in [9.17, 15) is 0 Å². The Hall–Kier alpha value is 0.556. The Morgan fingerprint density at radius 3 is 1.12 bits per heavy atom. The molecule has 0 aromatic rings. The van der Waals surface area contributed by atoms with Crippen LogP contribution in [0.15, 0.2) is 0 Å². The van der Waals surface area contributed by atoms with Crippen LogP contribution in [0.25, 0.3) is 0 Å². The zero-order valence-corrected chi connectivity index (χ0v) is 5.87. The normalized spacial score (nSPS) is 8.00. The van der Waals surface area contributed by atoms with Crippen molar-refractivity contribution in [3.05, 3.63) is 0 Å². The number of hydrogen-bond donors (Lipinski definition) is 2. The van der Waals surface area contributed by atoms with Crippen LogP contribution in [0, 0.1) is 0 Å². The summed E-state index contributed by atoms with van der Waals surface area (Å²) in [5.74, 6) is 0. The first-order valence-corrected chi connectivity index (χ1v) is 2.20. The van der Waals surface area contributed by atoms with Crippen LogP contribution in [0.1, 0.15) is 0 Å². The van der Waals surface area contributed by atoms with E-state index in [-0.39, 0.29) is 23.1 Å². The van der Waals surface area contributed by atoms with Crippen LogP contribution in [0.4, 0.5) is 0 Å². The van der Waals surface area contributed by atoms with Gasteiger partial charge in [-0.15, -0.1) is 0 Å². The first kappa shape index (κ1) is 15.8. The Balaban J connectivity index is -0.0000000750. The van der Waals surface area contributed by atoms with E-state index in [0.29, 0.717) is 0 Å². The van der Waals surface area contributed by atoms with E-state index in [1.54, 1.807) is 0 Å². The Morgan fingerprint density at radius 1 is 1.12 bits per heavy atom. The molecule has 0 aliphatic heterocycles. The van der Waals surface area contributed by atoms with Gasteiger partial charge >= 0.3 is 23.1 Å². The maximum atomic E-state index is 8.52. The minimum Gasteiger partial charge on any atom is -0.759 e. The average molecular weight is 154 g/mol. The van der Waals surface area contributed by atoms with Gasteiger partial charge in [0.25, 0.3) is 0 Å². The molecule has 0 aromatic carbocycles. The standard InChI is InChI=1S/Mg.H2O4S.H2O2/c;1-5(2,3)4;1-2/h;(H2,1,2,3,4);1-2H/q+2;;/p-2. The van der Waals surface area contributed by atoms with Crippen molar-refractivity contribution in [3.8, 4) is 0 Å². The van der Waals surface area contributed by atoms with E-state index in [1.165, 1.54) is 0 Å². The Labute approximate surface area is 61.8 Å². The molecule has 0 unspecified atom stereocenters. The van der Waals surface area contributed by atoms with Gasteiger partial charge in [-0.3, -0.25) is 18.9 Å². The largest absolute Gasteiger partial charge is 2.00 e. The molecule has 0 aromatic heterocycles. The summed E-state index contributed by atoms with van der Waals surface area (Å²) < 4.78 is 34.1. The van der Waals surface area contributed by atoms with Crippen LogP contribution in [-0.4, -0.2) is 51.1 Å². The average Bonchev–Trinajstić information content (AvgIpc) is 1.36. The summed E-state index contributed by atoms with van der Waals surface area (Å²) in [5.41, 5.74) is 0. The molecule has 0 spiro atoms. The topological polar surface area (TPSA) is 121 Å². The first-order valence-electron chi connectivity index (χ1n) is 0.867. The second kappa shape index (κ2) is 7.56. The van der Waals surface area contributed by atoms with Gasteiger partial charge in [0.15, 0.2) is 0 Å². The smallest absolute Gasteiger partial charge is 0.759 e. The molecule has 0 saturated heterocycles. The summed E-state index contributed by atoms with van der Waals surface area (Å²) in [6, 6.07) is 0. The summed E-state index contributed by atoms with van der Waals surface area (Å²) in [6.45, 7) is 0. The zero-order chi connectivity index (χ0) is 6.50. The minimum absolute atomic E-state index is 0. The van der Waals surface area contributed by atoms with Crippen molar-refractivity contribution in [3.63, 3.8) is 0 Å². The predicted molar refractivity (Wildman–Crippen MR) is 21.5 cm³/mol. The first-order chi connectivity index (χ1) is 3.00. The van der Waals surface area contributed by atoms with E-state index in [1.807, 2.05) is 0 Å². The minimum atomic E-state index is -5.17. The van der Waals surface area contributed by atoms with Crippen molar-refractivity contribution >= 4 is 33.5 Å². The molecule has 0 fully saturated rings. The number of rotatable bonds is 0. The maximum Gasteiger partial charge on any atom is 2.00 e. The number of hydrogen-bond acceptors (Lipinski definition) is 6. The van der Waals surface area contributed by atoms with E-state index >= 15 is 0 Å². The maximum absolute atomic E-state index is 8.52. The molecule has 6 nitrogen and oxygen atoms in total. The Bertz CT molecular complexity index is 91.7. The van der Waals surface area contributed by atoms with Crippen molar-refractivity contribution in [2.75, 3.05) is 0 Å². The third-order valence-electron chi connectivity index (χ3n) is 0. The van der Waals surface area contributed by atoms with Crippen molar-refractivity contribution in [1.29, 1.82) is 0 Å². The fourth-order valence-corrected chi connectivity index (χ4v) is 0. The predicted octanol–water partition coefficient (Wildman–Crippen LogP) is -1.70. The van der Waals surface area contributed by atoms with Gasteiger partial charge in [-0.05, 0) is 0 Å². The van der Waals surface area contributed by atoms with Crippen molar-refractivity contribution in [1.82, 2.24) is 0 Å². The van der Waals surface area contributed by atoms with Gasteiger partial charge in [-0.2, -0.15) is 0 Å². The molecule has 0 bridgehead atoms. The summed E-state index contributed by atoms with van der Waals surface area (Å²) in [5, 5.41) is 12.0. The fraction of sp³-hybridized carbons (Fsp3) is 0. The quantitative estimate of drug-likeness (QED) is 0.141. The van der Waals surface area contributed by atoms with Gasteiger partial charge in [0.05, 0.1) is 0 Å². The molecular formula is H2MgO6S. The van der Waals surface area contributed by atoms with Crippen LogP contribution in [-0.2, 0) is 10.4 Å². The van der Waals surface area contributed by atoms with Gasteiger partial charge in [-0.1, -0.05) is 0 Å². The third-order valence-corrected chi connectivity index (χ3v) is 0. The van der Waals surface area contributed by atoms with Crippen LogP contribution in [0.3, 0.4) is 0 Å². The van der Waals surface area contributed by atoms with Crippen LogP contribution in [0.2, 0.25) is 0 Å². The third kappa shape index (κ3) is 654. The molecule has 0 rings (SSSR count). The zero-order valence-electron chi connectivity index (χ0n) is 3.64. The SMILES string of the molecule is O=S(=O)([O-])[O-].OO.[Mg+2]. The summed E-state index contributed by atoms with van der Waals surface area (Å²) in [7, 11) is -5.17. The molecule has 0 radical (unpaired) electrons. The van der Waals surface area contributed by atoms with E-state index in [4.69, 9.17) is 28.0 Å². The summed E-state index contributed by atoms with van der Waals surface area (Å²) >= 11 is 0. The van der Waals surface area contributed by atoms with Gasteiger partial charge in [0.1, 0.15) is 0 Å². The van der Waals surface area contributed by atoms with Crippen molar-refractivity contribution in [2.24, 2.45) is 0 Å². The Kier molecular flexibility index (Phi) is 14.9. The molecule has 0 saturated carbocycles. The molecule has 8 heavy (non-hydrogen) atoms.